The number of nitrogens with one attached hydrogen (secondary N) is 2. The summed E-state index contributed by atoms with van der Waals surface area (Å²) in [5, 5.41) is 5.33. The second-order valence-electron chi connectivity index (χ2n) is 8.74. The molecular formula is C24H28F2N6O2. The molecule has 1 aromatic heterocycles. The van der Waals surface area contributed by atoms with Gasteiger partial charge in [-0.25, -0.2) is 18.6 Å². The first-order valence-electron chi connectivity index (χ1n) is 11.2. The second-order valence-corrected chi connectivity index (χ2v) is 8.74. The fourth-order valence-electron chi connectivity index (χ4n) is 3.97. The average molecular weight is 471 g/mol. The van der Waals surface area contributed by atoms with Crippen LogP contribution in [0.15, 0.2) is 36.4 Å². The molecular weight excluding hydrogens is 442 g/mol. The highest BCUT2D eigenvalue weighted by molar-refractivity contribution is 5.97. The van der Waals surface area contributed by atoms with Gasteiger partial charge in [-0.1, -0.05) is 0 Å². The summed E-state index contributed by atoms with van der Waals surface area (Å²) in [6.07, 6.45) is 0. The van der Waals surface area contributed by atoms with Gasteiger partial charge in [0, 0.05) is 50.9 Å². The molecule has 10 heteroatoms. The van der Waals surface area contributed by atoms with Crippen LogP contribution in [0.1, 0.15) is 30.0 Å². The summed E-state index contributed by atoms with van der Waals surface area (Å²) < 4.78 is 29.2. The van der Waals surface area contributed by atoms with Crippen LogP contribution in [0.2, 0.25) is 0 Å². The zero-order valence-electron chi connectivity index (χ0n) is 19.4. The average Bonchev–Trinajstić information content (AvgIpc) is 3.10. The van der Waals surface area contributed by atoms with E-state index in [1.807, 2.05) is 31.5 Å². The minimum atomic E-state index is -0.680. The first kappa shape index (κ1) is 23.6. The molecule has 0 atom stereocenters. The molecule has 1 saturated heterocycles. The third kappa shape index (κ3) is 5.17. The quantitative estimate of drug-likeness (QED) is 0.599. The molecule has 1 aliphatic heterocycles. The Morgan fingerprint density at radius 1 is 1.06 bits per heavy atom. The number of carbonyl (C=O) groups excluding carboxylic acids is 2. The van der Waals surface area contributed by atoms with E-state index in [2.05, 4.69) is 15.5 Å². The summed E-state index contributed by atoms with van der Waals surface area (Å²) in [6, 6.07) is 8.04. The molecule has 0 radical (unpaired) electrons. The van der Waals surface area contributed by atoms with Gasteiger partial charge in [-0.15, -0.1) is 0 Å². The van der Waals surface area contributed by atoms with Crippen LogP contribution in [0.4, 0.5) is 19.3 Å². The number of urea groups is 1. The first-order valence-corrected chi connectivity index (χ1v) is 11.2. The number of rotatable bonds is 5. The maximum absolute atomic E-state index is 13.8. The lowest BCUT2D eigenvalue weighted by atomic mass is 10.2. The molecule has 0 spiro atoms. The van der Waals surface area contributed by atoms with Crippen molar-refractivity contribution in [3.8, 4) is 0 Å². The largest absolute Gasteiger partial charge is 0.350 e. The molecule has 2 N–H and O–H groups in total. The molecule has 0 unspecified atom stereocenters. The molecule has 0 aliphatic carbocycles. The number of amides is 3. The zero-order chi connectivity index (χ0) is 24.4. The molecule has 2 heterocycles. The Kier molecular flexibility index (Phi) is 6.78. The van der Waals surface area contributed by atoms with Crippen LogP contribution < -0.4 is 10.6 Å². The normalized spacial score (nSPS) is 14.6. The smallest absolute Gasteiger partial charge is 0.322 e. The Labute approximate surface area is 196 Å². The Bertz CT molecular complexity index is 1220. The molecule has 4 rings (SSSR count). The number of carbonyl (C=O) groups is 2. The molecule has 1 aliphatic rings. The number of imidazole rings is 1. The second kappa shape index (κ2) is 9.76. The molecule has 0 saturated carbocycles. The standard InChI is InChI=1S/C24H28F2N6O2/c1-15(2)27-23(33)16-4-7-21-20(12-16)28-22(30(21)3)14-31-8-10-32(11-9-31)24(34)29-19-13-17(25)5-6-18(19)26/h4-7,12-13,15H,8-11,14H2,1-3H3,(H,27,33)(H,29,34). The number of benzene rings is 2. The molecule has 3 aromatic rings. The van der Waals surface area contributed by atoms with Crippen LogP contribution >= 0.6 is 0 Å². The van der Waals surface area contributed by atoms with Crippen molar-refractivity contribution in [3.05, 3.63) is 59.4 Å². The van der Waals surface area contributed by atoms with Gasteiger partial charge in [0.05, 0.1) is 23.3 Å². The Hall–Kier alpha value is -3.53. The summed E-state index contributed by atoms with van der Waals surface area (Å²) in [4.78, 5) is 33.3. The van der Waals surface area contributed by atoms with Gasteiger partial charge in [-0.05, 0) is 44.2 Å². The zero-order valence-corrected chi connectivity index (χ0v) is 19.4. The van der Waals surface area contributed by atoms with Crippen LogP contribution in [-0.4, -0.2) is 63.5 Å². The van der Waals surface area contributed by atoms with Crippen molar-refractivity contribution < 1.29 is 18.4 Å². The van der Waals surface area contributed by atoms with Crippen molar-refractivity contribution in [2.75, 3.05) is 31.5 Å². The van der Waals surface area contributed by atoms with Crippen LogP contribution in [-0.2, 0) is 13.6 Å². The fourth-order valence-corrected chi connectivity index (χ4v) is 3.97. The lowest BCUT2D eigenvalue weighted by Gasteiger charge is -2.34. The SMILES string of the molecule is CC(C)NC(=O)c1ccc2c(c1)nc(CN1CCN(C(=O)Nc3cc(F)ccc3F)CC1)n2C. The maximum Gasteiger partial charge on any atom is 0.322 e. The van der Waals surface area contributed by atoms with Gasteiger partial charge in [-0.2, -0.15) is 0 Å². The third-order valence-electron chi connectivity index (χ3n) is 5.85. The number of aromatic nitrogens is 2. The summed E-state index contributed by atoms with van der Waals surface area (Å²) in [5.74, 6) is -0.565. The van der Waals surface area contributed by atoms with Gasteiger partial charge in [0.1, 0.15) is 17.5 Å². The van der Waals surface area contributed by atoms with Crippen LogP contribution in [0.25, 0.3) is 11.0 Å². The van der Waals surface area contributed by atoms with E-state index in [9.17, 15) is 18.4 Å². The van der Waals surface area contributed by atoms with Crippen molar-refractivity contribution in [2.24, 2.45) is 7.05 Å². The monoisotopic (exact) mass is 470 g/mol. The fraction of sp³-hybridized carbons (Fsp3) is 0.375. The highest BCUT2D eigenvalue weighted by Crippen LogP contribution is 2.20. The number of piperazine rings is 1. The van der Waals surface area contributed by atoms with Crippen LogP contribution in [0, 0.1) is 11.6 Å². The van der Waals surface area contributed by atoms with E-state index in [0.29, 0.717) is 38.3 Å². The first-order chi connectivity index (χ1) is 16.2. The highest BCUT2D eigenvalue weighted by Gasteiger charge is 2.23. The molecule has 1 fully saturated rings. The van der Waals surface area contributed by atoms with E-state index in [-0.39, 0.29) is 17.6 Å². The predicted octanol–water partition coefficient (Wildman–Crippen LogP) is 3.34. The minimum absolute atomic E-state index is 0.0520. The number of hydrogen-bond acceptors (Lipinski definition) is 4. The lowest BCUT2D eigenvalue weighted by Crippen LogP contribution is -2.49. The van der Waals surface area contributed by atoms with E-state index < -0.39 is 17.7 Å². The van der Waals surface area contributed by atoms with E-state index >= 15 is 0 Å². The summed E-state index contributed by atoms with van der Waals surface area (Å²) in [5.41, 5.74) is 2.09. The molecule has 180 valence electrons. The predicted molar refractivity (Wildman–Crippen MR) is 126 cm³/mol. The number of aryl methyl sites for hydroxylation is 1. The Morgan fingerprint density at radius 2 is 1.79 bits per heavy atom. The maximum atomic E-state index is 13.8. The van der Waals surface area contributed by atoms with Crippen molar-refractivity contribution in [1.29, 1.82) is 0 Å². The van der Waals surface area contributed by atoms with Crippen LogP contribution in [0.3, 0.4) is 0 Å². The number of anilines is 1. The van der Waals surface area contributed by atoms with Gasteiger partial charge in [-0.3, -0.25) is 9.69 Å². The summed E-state index contributed by atoms with van der Waals surface area (Å²) in [7, 11) is 1.94. The van der Waals surface area contributed by atoms with Crippen molar-refractivity contribution >= 4 is 28.7 Å². The van der Waals surface area contributed by atoms with Gasteiger partial charge in [0.25, 0.3) is 5.91 Å². The van der Waals surface area contributed by atoms with Crippen molar-refractivity contribution in [1.82, 2.24) is 24.7 Å². The number of fused-ring (bicyclic) bond motifs is 1. The molecule has 34 heavy (non-hydrogen) atoms. The summed E-state index contributed by atoms with van der Waals surface area (Å²) in [6.45, 7) is 6.55. The van der Waals surface area contributed by atoms with Gasteiger partial charge in [0.15, 0.2) is 0 Å². The lowest BCUT2D eigenvalue weighted by molar-refractivity contribution is 0.0943. The summed E-state index contributed by atoms with van der Waals surface area (Å²) >= 11 is 0. The number of nitrogens with zero attached hydrogens (tertiary/aromatic N) is 4. The van der Waals surface area contributed by atoms with E-state index in [4.69, 9.17) is 4.98 Å². The van der Waals surface area contributed by atoms with Crippen LogP contribution in [0.5, 0.6) is 0 Å². The molecule has 2 aromatic carbocycles. The van der Waals surface area contributed by atoms with Gasteiger partial charge >= 0.3 is 6.03 Å². The van der Waals surface area contributed by atoms with Crippen molar-refractivity contribution in [2.45, 2.75) is 26.4 Å². The van der Waals surface area contributed by atoms with E-state index in [0.717, 1.165) is 35.1 Å². The molecule has 8 nitrogen and oxygen atoms in total. The Morgan fingerprint density at radius 3 is 2.50 bits per heavy atom. The van der Waals surface area contributed by atoms with E-state index in [1.54, 1.807) is 17.0 Å². The third-order valence-corrected chi connectivity index (χ3v) is 5.85. The van der Waals surface area contributed by atoms with Gasteiger partial charge in [0.2, 0.25) is 0 Å². The molecule has 0 bridgehead atoms. The highest BCUT2D eigenvalue weighted by atomic mass is 19.1. The van der Waals surface area contributed by atoms with Crippen molar-refractivity contribution in [3.63, 3.8) is 0 Å². The minimum Gasteiger partial charge on any atom is -0.350 e. The van der Waals surface area contributed by atoms with Gasteiger partial charge < -0.3 is 20.1 Å². The Balaban J connectivity index is 1.37. The molecule has 3 amide bonds. The number of hydrogen-bond donors (Lipinski definition) is 2. The number of halogens is 2. The topological polar surface area (TPSA) is 82.5 Å². The van der Waals surface area contributed by atoms with E-state index in [1.165, 1.54) is 0 Å².